The molecule has 0 unspecified atom stereocenters. The molecule has 2 amide bonds. The minimum Gasteiger partial charge on any atom is -0.354 e. The molecule has 0 radical (unpaired) electrons. The Hall–Kier alpha value is -1.44. The van der Waals surface area contributed by atoms with E-state index >= 15 is 0 Å². The summed E-state index contributed by atoms with van der Waals surface area (Å²) < 4.78 is 0.998. The Bertz CT molecular complexity index is 507. The Kier molecular flexibility index (Phi) is 6.82. The predicted molar refractivity (Wildman–Crippen MR) is 88.5 cm³/mol. The molecule has 0 aliphatic carbocycles. The van der Waals surface area contributed by atoms with E-state index in [9.17, 15) is 9.59 Å². The SMILES string of the molecule is O=C1CN[C@@H](Cc2ccc(Br)cc2)C(=O)NCCNCCN1. The van der Waals surface area contributed by atoms with Crippen molar-refractivity contribution < 1.29 is 9.59 Å². The van der Waals surface area contributed by atoms with Crippen LogP contribution < -0.4 is 21.3 Å². The Morgan fingerprint density at radius 1 is 1.00 bits per heavy atom. The summed E-state index contributed by atoms with van der Waals surface area (Å²) in [7, 11) is 0. The normalized spacial score (nSPS) is 21.2. The summed E-state index contributed by atoms with van der Waals surface area (Å²) in [6.07, 6.45) is 0.541. The first kappa shape index (κ1) is 16.9. The maximum Gasteiger partial charge on any atom is 0.237 e. The van der Waals surface area contributed by atoms with E-state index in [1.807, 2.05) is 24.3 Å². The molecule has 0 saturated carbocycles. The Morgan fingerprint density at radius 2 is 1.68 bits per heavy atom. The van der Waals surface area contributed by atoms with Crippen molar-refractivity contribution in [3.63, 3.8) is 0 Å². The maximum atomic E-state index is 12.3. The largest absolute Gasteiger partial charge is 0.354 e. The highest BCUT2D eigenvalue weighted by molar-refractivity contribution is 9.10. The second-order valence-corrected chi connectivity index (χ2v) is 6.07. The fourth-order valence-electron chi connectivity index (χ4n) is 2.20. The number of carbonyl (C=O) groups is 2. The van der Waals surface area contributed by atoms with Gasteiger partial charge in [-0.2, -0.15) is 0 Å². The summed E-state index contributed by atoms with van der Waals surface area (Å²) in [6, 6.07) is 7.40. The minimum atomic E-state index is -0.425. The zero-order chi connectivity index (χ0) is 15.8. The monoisotopic (exact) mass is 368 g/mol. The van der Waals surface area contributed by atoms with Crippen molar-refractivity contribution in [1.82, 2.24) is 21.3 Å². The molecule has 1 heterocycles. The van der Waals surface area contributed by atoms with Gasteiger partial charge in [-0.3, -0.25) is 14.9 Å². The van der Waals surface area contributed by atoms with Gasteiger partial charge in [0.1, 0.15) is 0 Å². The Morgan fingerprint density at radius 3 is 2.41 bits per heavy atom. The summed E-state index contributed by atoms with van der Waals surface area (Å²) in [5.74, 6) is -0.186. The number of carbonyl (C=O) groups excluding carboxylic acids is 2. The molecule has 0 spiro atoms. The quantitative estimate of drug-likeness (QED) is 0.581. The first-order valence-electron chi connectivity index (χ1n) is 7.38. The molecule has 120 valence electrons. The molecule has 22 heavy (non-hydrogen) atoms. The highest BCUT2D eigenvalue weighted by Crippen LogP contribution is 2.12. The van der Waals surface area contributed by atoms with Crippen LogP contribution in [-0.2, 0) is 16.0 Å². The lowest BCUT2D eigenvalue weighted by Gasteiger charge is -2.20. The van der Waals surface area contributed by atoms with Gasteiger partial charge in [0.25, 0.3) is 0 Å². The van der Waals surface area contributed by atoms with E-state index in [1.165, 1.54) is 0 Å². The van der Waals surface area contributed by atoms with Crippen LogP contribution >= 0.6 is 15.9 Å². The molecule has 1 fully saturated rings. The zero-order valence-electron chi connectivity index (χ0n) is 12.3. The lowest BCUT2D eigenvalue weighted by Crippen LogP contribution is -2.51. The van der Waals surface area contributed by atoms with E-state index in [0.29, 0.717) is 32.6 Å². The van der Waals surface area contributed by atoms with E-state index in [2.05, 4.69) is 37.2 Å². The Labute approximate surface area is 138 Å². The van der Waals surface area contributed by atoms with Crippen molar-refractivity contribution >= 4 is 27.7 Å². The molecule has 1 aromatic rings. The number of benzene rings is 1. The molecule has 6 nitrogen and oxygen atoms in total. The van der Waals surface area contributed by atoms with Gasteiger partial charge in [-0.05, 0) is 24.1 Å². The maximum absolute atomic E-state index is 12.3. The molecule has 1 aliphatic rings. The third-order valence-electron chi connectivity index (χ3n) is 3.40. The minimum absolute atomic E-state index is 0.0851. The summed E-state index contributed by atoms with van der Waals surface area (Å²) in [4.78, 5) is 24.0. The van der Waals surface area contributed by atoms with Crippen LogP contribution in [0.15, 0.2) is 28.7 Å². The molecule has 7 heteroatoms. The van der Waals surface area contributed by atoms with Crippen LogP contribution in [0.1, 0.15) is 5.56 Å². The summed E-state index contributed by atoms with van der Waals surface area (Å²) in [5.41, 5.74) is 1.04. The summed E-state index contributed by atoms with van der Waals surface area (Å²) in [5, 5.41) is 11.9. The predicted octanol–water partition coefficient (Wildman–Crippen LogP) is -0.215. The van der Waals surface area contributed by atoms with Crippen molar-refractivity contribution in [2.24, 2.45) is 0 Å². The van der Waals surface area contributed by atoms with Crippen LogP contribution in [0.5, 0.6) is 0 Å². The molecule has 1 aliphatic heterocycles. The van der Waals surface area contributed by atoms with Crippen LogP contribution in [0, 0.1) is 0 Å². The smallest absolute Gasteiger partial charge is 0.237 e. The van der Waals surface area contributed by atoms with Crippen LogP contribution in [0.25, 0.3) is 0 Å². The van der Waals surface area contributed by atoms with Gasteiger partial charge in [-0.1, -0.05) is 28.1 Å². The number of halogens is 1. The van der Waals surface area contributed by atoms with Crippen LogP contribution in [0.4, 0.5) is 0 Å². The van der Waals surface area contributed by atoms with Gasteiger partial charge in [0, 0.05) is 30.7 Å². The second kappa shape index (κ2) is 8.87. The fourth-order valence-corrected chi connectivity index (χ4v) is 2.47. The number of amides is 2. The van der Waals surface area contributed by atoms with Gasteiger partial charge in [0.2, 0.25) is 11.8 Å². The number of hydrogen-bond donors (Lipinski definition) is 4. The lowest BCUT2D eigenvalue weighted by atomic mass is 10.1. The summed E-state index contributed by atoms with van der Waals surface area (Å²) in [6.45, 7) is 2.68. The third-order valence-corrected chi connectivity index (χ3v) is 3.93. The molecule has 0 aromatic heterocycles. The summed E-state index contributed by atoms with van der Waals surface area (Å²) >= 11 is 3.39. The van der Waals surface area contributed by atoms with Gasteiger partial charge in [0.05, 0.1) is 12.6 Å². The average Bonchev–Trinajstić information content (AvgIpc) is 2.51. The standard InChI is InChI=1S/C15H21BrN4O2/c16-12-3-1-11(2-4-12)9-13-15(22)19-8-6-17-5-7-18-14(21)10-20-13/h1-4,13,17,20H,5-10H2,(H,18,21)(H,19,22)/t13-/m0/s1. The first-order chi connectivity index (χ1) is 10.6. The molecule has 1 saturated heterocycles. The average molecular weight is 369 g/mol. The van der Waals surface area contributed by atoms with E-state index in [4.69, 9.17) is 0 Å². The third kappa shape index (κ3) is 5.75. The van der Waals surface area contributed by atoms with Crippen molar-refractivity contribution in [1.29, 1.82) is 0 Å². The number of hydrogen-bond acceptors (Lipinski definition) is 4. The van der Waals surface area contributed by atoms with Crippen molar-refractivity contribution in [2.75, 3.05) is 32.7 Å². The molecule has 4 N–H and O–H groups in total. The van der Waals surface area contributed by atoms with E-state index in [0.717, 1.165) is 10.0 Å². The van der Waals surface area contributed by atoms with E-state index in [1.54, 1.807) is 0 Å². The topological polar surface area (TPSA) is 82.3 Å². The molecule has 1 aromatic carbocycles. The van der Waals surface area contributed by atoms with Crippen molar-refractivity contribution in [3.8, 4) is 0 Å². The van der Waals surface area contributed by atoms with Crippen molar-refractivity contribution in [2.45, 2.75) is 12.5 Å². The molecule has 2 rings (SSSR count). The molecule has 0 bridgehead atoms. The zero-order valence-corrected chi connectivity index (χ0v) is 13.9. The highest BCUT2D eigenvalue weighted by atomic mass is 79.9. The van der Waals surface area contributed by atoms with Gasteiger partial charge in [-0.15, -0.1) is 0 Å². The van der Waals surface area contributed by atoms with Gasteiger partial charge >= 0.3 is 0 Å². The molecular weight excluding hydrogens is 348 g/mol. The van der Waals surface area contributed by atoms with E-state index in [-0.39, 0.29) is 18.4 Å². The first-order valence-corrected chi connectivity index (χ1v) is 8.17. The van der Waals surface area contributed by atoms with Gasteiger partial charge < -0.3 is 16.0 Å². The van der Waals surface area contributed by atoms with E-state index < -0.39 is 6.04 Å². The van der Waals surface area contributed by atoms with Crippen LogP contribution in [0.2, 0.25) is 0 Å². The van der Waals surface area contributed by atoms with Crippen molar-refractivity contribution in [3.05, 3.63) is 34.3 Å². The second-order valence-electron chi connectivity index (χ2n) is 5.16. The number of rotatable bonds is 2. The lowest BCUT2D eigenvalue weighted by molar-refractivity contribution is -0.123. The molecule has 1 atom stereocenters. The van der Waals surface area contributed by atoms with Gasteiger partial charge in [-0.25, -0.2) is 0 Å². The fraction of sp³-hybridized carbons (Fsp3) is 0.467. The highest BCUT2D eigenvalue weighted by Gasteiger charge is 2.19. The Balaban J connectivity index is 2.00. The number of nitrogens with one attached hydrogen (secondary N) is 4. The molecular formula is C15H21BrN4O2. The van der Waals surface area contributed by atoms with Crippen LogP contribution in [-0.4, -0.2) is 50.6 Å². The van der Waals surface area contributed by atoms with Gasteiger partial charge in [0.15, 0.2) is 0 Å². The van der Waals surface area contributed by atoms with Crippen LogP contribution in [0.3, 0.4) is 0 Å².